The summed E-state index contributed by atoms with van der Waals surface area (Å²) in [6.07, 6.45) is 8.36. The molecule has 1 saturated carbocycles. The van der Waals surface area contributed by atoms with Gasteiger partial charge in [0.05, 0.1) is 5.60 Å². The normalized spacial score (nSPS) is 22.8. The molecule has 146 valence electrons. The smallest absolute Gasteiger partial charge is 0.191 e. The Kier molecular flexibility index (Phi) is 6.95. The predicted octanol–water partition coefficient (Wildman–Crippen LogP) is 3.31. The molecule has 0 aromatic carbocycles. The number of rotatable bonds is 6. The van der Waals surface area contributed by atoms with Crippen LogP contribution in [0, 0.1) is 0 Å². The summed E-state index contributed by atoms with van der Waals surface area (Å²) in [5, 5.41) is 9.30. The Labute approximate surface area is 161 Å². The molecule has 0 radical (unpaired) electrons. The van der Waals surface area contributed by atoms with Crippen LogP contribution < -0.4 is 10.6 Å². The number of hydrogen-bond donors (Lipinski definition) is 2. The van der Waals surface area contributed by atoms with Crippen molar-refractivity contribution in [2.45, 2.75) is 56.0 Å². The fourth-order valence-electron chi connectivity index (χ4n) is 4.23. The minimum Gasteiger partial charge on any atom is -0.381 e. The van der Waals surface area contributed by atoms with Crippen LogP contribution in [-0.4, -0.2) is 52.0 Å². The van der Waals surface area contributed by atoms with Crippen LogP contribution in [0.25, 0.3) is 0 Å². The molecule has 3 rings (SSSR count). The van der Waals surface area contributed by atoms with E-state index in [4.69, 9.17) is 9.47 Å². The van der Waals surface area contributed by atoms with Crippen molar-refractivity contribution in [3.8, 4) is 0 Å². The molecule has 1 aromatic heterocycles. The van der Waals surface area contributed by atoms with Crippen LogP contribution in [-0.2, 0) is 14.9 Å². The van der Waals surface area contributed by atoms with E-state index in [1.54, 1.807) is 7.11 Å². The Morgan fingerprint density at radius 1 is 1.15 bits per heavy atom. The quantitative estimate of drug-likeness (QED) is 0.588. The number of methoxy groups -OCH3 is 1. The summed E-state index contributed by atoms with van der Waals surface area (Å²) in [5.74, 6) is 0.870. The third-order valence-corrected chi connectivity index (χ3v) is 7.20. The van der Waals surface area contributed by atoms with Crippen molar-refractivity contribution in [1.29, 1.82) is 0 Å². The van der Waals surface area contributed by atoms with Gasteiger partial charge >= 0.3 is 0 Å². The van der Waals surface area contributed by atoms with Crippen LogP contribution in [0.4, 0.5) is 0 Å². The SMILES string of the molecule is CN=C(NCC1(OC)CCOCC1)NCC1(c2cccs2)CCCCC1. The van der Waals surface area contributed by atoms with E-state index in [1.807, 2.05) is 18.4 Å². The number of ether oxygens (including phenoxy) is 2. The molecule has 2 N–H and O–H groups in total. The summed E-state index contributed by atoms with van der Waals surface area (Å²) in [6.45, 7) is 3.24. The maximum absolute atomic E-state index is 5.82. The second kappa shape index (κ2) is 9.20. The molecular weight excluding hydrogens is 346 g/mol. The lowest BCUT2D eigenvalue weighted by atomic mass is 9.73. The number of thiophene rings is 1. The number of guanidine groups is 1. The molecule has 2 fully saturated rings. The Morgan fingerprint density at radius 3 is 2.50 bits per heavy atom. The summed E-state index contributed by atoms with van der Waals surface area (Å²) < 4.78 is 11.3. The molecule has 1 aliphatic carbocycles. The average molecular weight is 380 g/mol. The minimum absolute atomic E-state index is 0.147. The topological polar surface area (TPSA) is 54.9 Å². The zero-order chi connectivity index (χ0) is 18.3. The number of hydrogen-bond acceptors (Lipinski definition) is 4. The molecule has 0 bridgehead atoms. The van der Waals surface area contributed by atoms with E-state index in [0.717, 1.165) is 45.1 Å². The van der Waals surface area contributed by atoms with Gasteiger partial charge in [-0.05, 0) is 24.3 Å². The first-order chi connectivity index (χ1) is 12.7. The van der Waals surface area contributed by atoms with Gasteiger partial charge in [-0.1, -0.05) is 25.3 Å². The van der Waals surface area contributed by atoms with Crippen molar-refractivity contribution in [2.24, 2.45) is 4.99 Å². The maximum Gasteiger partial charge on any atom is 0.191 e. The lowest BCUT2D eigenvalue weighted by Gasteiger charge is -2.38. The molecular formula is C20H33N3O2S. The van der Waals surface area contributed by atoms with Crippen LogP contribution in [0.3, 0.4) is 0 Å². The molecule has 5 nitrogen and oxygen atoms in total. The lowest BCUT2D eigenvalue weighted by Crippen LogP contribution is -2.52. The fourth-order valence-corrected chi connectivity index (χ4v) is 5.22. The molecule has 1 aromatic rings. The molecule has 1 saturated heterocycles. The highest BCUT2D eigenvalue weighted by atomic mass is 32.1. The molecule has 1 aliphatic heterocycles. The lowest BCUT2D eigenvalue weighted by molar-refractivity contribution is -0.0855. The average Bonchev–Trinajstić information content (AvgIpc) is 3.25. The Morgan fingerprint density at radius 2 is 1.88 bits per heavy atom. The molecule has 2 heterocycles. The molecule has 2 aliphatic rings. The Hall–Kier alpha value is -1.11. The molecule has 0 spiro atoms. The van der Waals surface area contributed by atoms with Crippen molar-refractivity contribution >= 4 is 17.3 Å². The highest BCUT2D eigenvalue weighted by Gasteiger charge is 2.36. The van der Waals surface area contributed by atoms with E-state index in [1.165, 1.54) is 37.0 Å². The number of aliphatic imine (C=N–C) groups is 1. The highest BCUT2D eigenvalue weighted by Crippen LogP contribution is 2.41. The first-order valence-corrected chi connectivity index (χ1v) is 10.7. The van der Waals surface area contributed by atoms with Crippen LogP contribution in [0.2, 0.25) is 0 Å². The van der Waals surface area contributed by atoms with Gasteiger partial charge in [-0.3, -0.25) is 4.99 Å². The zero-order valence-corrected chi connectivity index (χ0v) is 17.0. The fraction of sp³-hybridized carbons (Fsp3) is 0.750. The van der Waals surface area contributed by atoms with E-state index in [2.05, 4.69) is 33.1 Å². The largest absolute Gasteiger partial charge is 0.381 e. The van der Waals surface area contributed by atoms with Gasteiger partial charge in [-0.25, -0.2) is 0 Å². The third-order valence-electron chi connectivity index (χ3n) is 6.09. The molecule has 6 heteroatoms. The van der Waals surface area contributed by atoms with E-state index in [0.29, 0.717) is 0 Å². The zero-order valence-electron chi connectivity index (χ0n) is 16.2. The van der Waals surface area contributed by atoms with Crippen LogP contribution in [0.15, 0.2) is 22.5 Å². The summed E-state index contributed by atoms with van der Waals surface area (Å²) in [5.41, 5.74) is 0.105. The van der Waals surface area contributed by atoms with Gasteiger partial charge in [0.2, 0.25) is 0 Å². The summed E-state index contributed by atoms with van der Waals surface area (Å²) in [6, 6.07) is 4.48. The van der Waals surface area contributed by atoms with E-state index in [9.17, 15) is 0 Å². The van der Waals surface area contributed by atoms with Gasteiger partial charge in [-0.2, -0.15) is 0 Å². The van der Waals surface area contributed by atoms with Gasteiger partial charge < -0.3 is 20.1 Å². The summed E-state index contributed by atoms with van der Waals surface area (Å²) >= 11 is 1.89. The first-order valence-electron chi connectivity index (χ1n) is 9.83. The van der Waals surface area contributed by atoms with Crippen molar-refractivity contribution in [1.82, 2.24) is 10.6 Å². The molecule has 0 amide bonds. The van der Waals surface area contributed by atoms with E-state index < -0.39 is 0 Å². The number of nitrogens with one attached hydrogen (secondary N) is 2. The van der Waals surface area contributed by atoms with Crippen LogP contribution in [0.1, 0.15) is 49.8 Å². The molecule has 0 unspecified atom stereocenters. The van der Waals surface area contributed by atoms with Crippen molar-refractivity contribution in [3.05, 3.63) is 22.4 Å². The Bertz CT molecular complexity index is 562. The second-order valence-electron chi connectivity index (χ2n) is 7.60. The van der Waals surface area contributed by atoms with Gasteiger partial charge in [0, 0.05) is 63.6 Å². The third kappa shape index (κ3) is 4.59. The van der Waals surface area contributed by atoms with Crippen molar-refractivity contribution in [2.75, 3.05) is 40.5 Å². The second-order valence-corrected chi connectivity index (χ2v) is 8.54. The summed E-state index contributed by atoms with van der Waals surface area (Å²) in [4.78, 5) is 5.96. The van der Waals surface area contributed by atoms with Crippen molar-refractivity contribution in [3.63, 3.8) is 0 Å². The van der Waals surface area contributed by atoms with Crippen LogP contribution in [0.5, 0.6) is 0 Å². The van der Waals surface area contributed by atoms with Crippen molar-refractivity contribution < 1.29 is 9.47 Å². The maximum atomic E-state index is 5.82. The summed E-state index contributed by atoms with van der Waals surface area (Å²) in [7, 11) is 3.65. The van der Waals surface area contributed by atoms with E-state index >= 15 is 0 Å². The number of nitrogens with zero attached hydrogens (tertiary/aromatic N) is 1. The van der Waals surface area contributed by atoms with Gasteiger partial charge in [0.1, 0.15) is 0 Å². The first kappa shape index (κ1) is 19.6. The van der Waals surface area contributed by atoms with Crippen LogP contribution >= 0.6 is 11.3 Å². The minimum atomic E-state index is -0.147. The van der Waals surface area contributed by atoms with Gasteiger partial charge in [0.15, 0.2) is 5.96 Å². The highest BCUT2D eigenvalue weighted by molar-refractivity contribution is 7.10. The Balaban J connectivity index is 1.59. The predicted molar refractivity (Wildman–Crippen MR) is 108 cm³/mol. The van der Waals surface area contributed by atoms with Gasteiger partial charge in [-0.15, -0.1) is 11.3 Å². The molecule has 26 heavy (non-hydrogen) atoms. The van der Waals surface area contributed by atoms with Gasteiger partial charge in [0.25, 0.3) is 0 Å². The molecule has 0 atom stereocenters. The van der Waals surface area contributed by atoms with E-state index in [-0.39, 0.29) is 11.0 Å². The standard InChI is InChI=1S/C20H33N3O2S/c1-21-18(23-16-20(24-2)10-12-25-13-11-20)22-15-19(8-4-3-5-9-19)17-7-6-14-26-17/h6-7,14H,3-5,8-13,15-16H2,1-2H3,(H2,21,22,23). The monoisotopic (exact) mass is 379 g/mol.